The van der Waals surface area contributed by atoms with Gasteiger partial charge >= 0.3 is 0 Å². The SMILES string of the molecule is CC1CN2C(=O)c3ccccc3N(CC3CC3)C2=N1. The Labute approximate surface area is 112 Å². The van der Waals surface area contributed by atoms with Crippen LogP contribution in [0.5, 0.6) is 0 Å². The molecule has 3 aliphatic rings. The smallest absolute Gasteiger partial charge is 0.262 e. The number of para-hydroxylation sites is 1. The molecule has 1 saturated carbocycles. The molecular formula is C15H17N3O. The molecule has 0 saturated heterocycles. The molecule has 19 heavy (non-hydrogen) atoms. The van der Waals surface area contributed by atoms with Gasteiger partial charge in [-0.15, -0.1) is 0 Å². The van der Waals surface area contributed by atoms with E-state index < -0.39 is 0 Å². The van der Waals surface area contributed by atoms with Crippen LogP contribution in [0, 0.1) is 5.92 Å². The first-order valence-corrected chi connectivity index (χ1v) is 7.00. The molecule has 1 fully saturated rings. The van der Waals surface area contributed by atoms with Crippen LogP contribution in [-0.4, -0.2) is 35.9 Å². The Bertz CT molecular complexity index is 577. The molecule has 1 atom stereocenters. The van der Waals surface area contributed by atoms with E-state index in [2.05, 4.69) is 16.8 Å². The maximum atomic E-state index is 12.5. The Morgan fingerprint density at radius 3 is 2.89 bits per heavy atom. The number of guanidine groups is 1. The number of anilines is 1. The fourth-order valence-electron chi connectivity index (χ4n) is 2.92. The van der Waals surface area contributed by atoms with Gasteiger partial charge < -0.3 is 4.90 Å². The summed E-state index contributed by atoms with van der Waals surface area (Å²) in [5, 5.41) is 0. The second-order valence-electron chi connectivity index (χ2n) is 5.77. The van der Waals surface area contributed by atoms with E-state index in [9.17, 15) is 4.79 Å². The summed E-state index contributed by atoms with van der Waals surface area (Å²) < 4.78 is 0. The first-order chi connectivity index (χ1) is 9.24. The monoisotopic (exact) mass is 255 g/mol. The molecule has 0 spiro atoms. The normalized spacial score (nSPS) is 25.2. The Hall–Kier alpha value is -1.84. The summed E-state index contributed by atoms with van der Waals surface area (Å²) in [6.45, 7) is 3.77. The van der Waals surface area contributed by atoms with Gasteiger partial charge in [-0.05, 0) is 37.8 Å². The number of benzene rings is 1. The number of nitrogens with zero attached hydrogens (tertiary/aromatic N) is 3. The quantitative estimate of drug-likeness (QED) is 0.811. The van der Waals surface area contributed by atoms with Crippen LogP contribution in [0.1, 0.15) is 30.1 Å². The number of hydrogen-bond acceptors (Lipinski definition) is 3. The fourth-order valence-corrected chi connectivity index (χ4v) is 2.92. The first kappa shape index (κ1) is 11.0. The average Bonchev–Trinajstić information content (AvgIpc) is 3.15. The van der Waals surface area contributed by atoms with Crippen LogP contribution in [0.3, 0.4) is 0 Å². The summed E-state index contributed by atoms with van der Waals surface area (Å²) in [6.07, 6.45) is 2.60. The third kappa shape index (κ3) is 1.66. The minimum absolute atomic E-state index is 0.103. The summed E-state index contributed by atoms with van der Waals surface area (Å²) in [5.74, 6) is 1.73. The molecule has 1 aliphatic carbocycles. The molecule has 2 aliphatic heterocycles. The summed E-state index contributed by atoms with van der Waals surface area (Å²) in [5.41, 5.74) is 1.85. The molecule has 2 heterocycles. The van der Waals surface area contributed by atoms with Gasteiger partial charge in [-0.25, -0.2) is 4.99 Å². The lowest BCUT2D eigenvalue weighted by Gasteiger charge is -2.36. The Morgan fingerprint density at radius 1 is 1.32 bits per heavy atom. The largest absolute Gasteiger partial charge is 0.311 e. The van der Waals surface area contributed by atoms with Crippen molar-refractivity contribution in [2.45, 2.75) is 25.8 Å². The van der Waals surface area contributed by atoms with E-state index >= 15 is 0 Å². The van der Waals surface area contributed by atoms with Crippen LogP contribution >= 0.6 is 0 Å². The van der Waals surface area contributed by atoms with Crippen molar-refractivity contribution in [1.82, 2.24) is 4.90 Å². The van der Waals surface area contributed by atoms with E-state index in [0.29, 0.717) is 6.54 Å². The van der Waals surface area contributed by atoms with Crippen molar-refractivity contribution in [3.05, 3.63) is 29.8 Å². The van der Waals surface area contributed by atoms with Crippen molar-refractivity contribution in [1.29, 1.82) is 0 Å². The lowest BCUT2D eigenvalue weighted by atomic mass is 10.1. The minimum Gasteiger partial charge on any atom is -0.311 e. The molecule has 0 radical (unpaired) electrons. The lowest BCUT2D eigenvalue weighted by molar-refractivity contribution is 0.0847. The molecule has 4 rings (SSSR count). The molecule has 4 nitrogen and oxygen atoms in total. The lowest BCUT2D eigenvalue weighted by Crippen LogP contribution is -2.50. The summed E-state index contributed by atoms with van der Waals surface area (Å²) in [6, 6.07) is 8.11. The van der Waals surface area contributed by atoms with Crippen LogP contribution in [0.2, 0.25) is 0 Å². The predicted octanol–water partition coefficient (Wildman–Crippen LogP) is 2.12. The van der Waals surface area contributed by atoms with E-state index in [0.717, 1.165) is 29.7 Å². The molecular weight excluding hydrogens is 238 g/mol. The van der Waals surface area contributed by atoms with E-state index in [1.807, 2.05) is 29.2 Å². The number of fused-ring (bicyclic) bond motifs is 2. The standard InChI is InChI=1S/C15H17N3O/c1-10-8-18-14(19)12-4-2-3-5-13(12)17(15(18)16-10)9-11-6-7-11/h2-5,10-11H,6-9H2,1H3. The second-order valence-corrected chi connectivity index (χ2v) is 5.77. The van der Waals surface area contributed by atoms with Gasteiger partial charge in [0.05, 0.1) is 23.8 Å². The fraction of sp³-hybridized carbons (Fsp3) is 0.467. The number of carbonyl (C=O) groups excluding carboxylic acids is 1. The minimum atomic E-state index is 0.103. The van der Waals surface area contributed by atoms with Crippen molar-refractivity contribution >= 4 is 17.6 Å². The number of amides is 1. The average molecular weight is 255 g/mol. The Balaban J connectivity index is 1.82. The topological polar surface area (TPSA) is 35.9 Å². The van der Waals surface area contributed by atoms with Gasteiger partial charge in [0.25, 0.3) is 5.91 Å². The number of aliphatic imine (C=N–C) groups is 1. The van der Waals surface area contributed by atoms with Crippen LogP contribution in [-0.2, 0) is 0 Å². The van der Waals surface area contributed by atoms with Gasteiger partial charge in [-0.1, -0.05) is 12.1 Å². The zero-order chi connectivity index (χ0) is 13.0. The highest BCUT2D eigenvalue weighted by atomic mass is 16.2. The van der Waals surface area contributed by atoms with Crippen LogP contribution in [0.25, 0.3) is 0 Å². The second kappa shape index (κ2) is 3.83. The molecule has 0 bridgehead atoms. The Morgan fingerprint density at radius 2 is 2.11 bits per heavy atom. The Kier molecular flexibility index (Phi) is 2.22. The van der Waals surface area contributed by atoms with Gasteiger partial charge in [-0.3, -0.25) is 9.69 Å². The van der Waals surface area contributed by atoms with Crippen molar-refractivity contribution < 1.29 is 4.79 Å². The van der Waals surface area contributed by atoms with Crippen molar-refractivity contribution in [2.24, 2.45) is 10.9 Å². The summed E-state index contributed by atoms with van der Waals surface area (Å²) >= 11 is 0. The van der Waals surface area contributed by atoms with Gasteiger partial charge in [0.15, 0.2) is 0 Å². The molecule has 0 N–H and O–H groups in total. The highest BCUT2D eigenvalue weighted by molar-refractivity contribution is 6.19. The molecule has 1 aromatic rings. The van der Waals surface area contributed by atoms with Gasteiger partial charge in [0, 0.05) is 6.54 Å². The van der Waals surface area contributed by atoms with Gasteiger partial charge in [0.2, 0.25) is 5.96 Å². The highest BCUT2D eigenvalue weighted by Crippen LogP contribution is 2.36. The molecule has 1 unspecified atom stereocenters. The maximum Gasteiger partial charge on any atom is 0.262 e. The molecule has 0 aromatic heterocycles. The van der Waals surface area contributed by atoms with E-state index in [1.54, 1.807) is 0 Å². The van der Waals surface area contributed by atoms with Gasteiger partial charge in [-0.2, -0.15) is 0 Å². The highest BCUT2D eigenvalue weighted by Gasteiger charge is 2.40. The third-order valence-corrected chi connectivity index (χ3v) is 4.07. The van der Waals surface area contributed by atoms with Crippen LogP contribution in [0.4, 0.5) is 5.69 Å². The van der Waals surface area contributed by atoms with Crippen molar-refractivity contribution in [2.75, 3.05) is 18.0 Å². The number of hydrogen-bond donors (Lipinski definition) is 0. The zero-order valence-electron chi connectivity index (χ0n) is 11.0. The number of carbonyl (C=O) groups is 1. The van der Waals surface area contributed by atoms with E-state index in [-0.39, 0.29) is 11.9 Å². The number of rotatable bonds is 2. The first-order valence-electron chi connectivity index (χ1n) is 7.00. The third-order valence-electron chi connectivity index (χ3n) is 4.07. The summed E-state index contributed by atoms with van der Waals surface area (Å²) in [7, 11) is 0. The van der Waals surface area contributed by atoms with Crippen LogP contribution in [0.15, 0.2) is 29.3 Å². The van der Waals surface area contributed by atoms with Crippen molar-refractivity contribution in [3.8, 4) is 0 Å². The van der Waals surface area contributed by atoms with E-state index in [4.69, 9.17) is 0 Å². The van der Waals surface area contributed by atoms with Crippen molar-refractivity contribution in [3.63, 3.8) is 0 Å². The molecule has 98 valence electrons. The predicted molar refractivity (Wildman–Crippen MR) is 74.4 cm³/mol. The van der Waals surface area contributed by atoms with Crippen LogP contribution < -0.4 is 4.90 Å². The van der Waals surface area contributed by atoms with Gasteiger partial charge in [0.1, 0.15) is 0 Å². The maximum absolute atomic E-state index is 12.5. The zero-order valence-corrected chi connectivity index (χ0v) is 11.0. The molecule has 1 amide bonds. The molecule has 4 heteroatoms. The molecule has 1 aromatic carbocycles. The summed E-state index contributed by atoms with van der Waals surface area (Å²) in [4.78, 5) is 21.3. The van der Waals surface area contributed by atoms with E-state index in [1.165, 1.54) is 12.8 Å².